The molecule has 136 valence electrons. The number of aliphatic hydroxyl groups is 1. The van der Waals surface area contributed by atoms with E-state index >= 15 is 0 Å². The first-order valence-electron chi connectivity index (χ1n) is 8.07. The van der Waals surface area contributed by atoms with Crippen LogP contribution in [0.3, 0.4) is 0 Å². The summed E-state index contributed by atoms with van der Waals surface area (Å²) in [7, 11) is 3.37. The number of hydrogen-bond acceptors (Lipinski definition) is 6. The first kappa shape index (κ1) is 18.0. The Bertz CT molecular complexity index is 1210. The van der Waals surface area contributed by atoms with Crippen molar-refractivity contribution in [1.82, 2.24) is 18.9 Å². The van der Waals surface area contributed by atoms with Crippen LogP contribution < -0.4 is 11.4 Å². The summed E-state index contributed by atoms with van der Waals surface area (Å²) in [6.07, 6.45) is 1.59. The molecule has 0 atom stereocenters. The molecule has 0 aliphatic heterocycles. The number of aromatic nitrogens is 4. The highest BCUT2D eigenvalue weighted by molar-refractivity contribution is 5.92. The predicted octanol–water partition coefficient (Wildman–Crippen LogP) is 0.584. The van der Waals surface area contributed by atoms with Gasteiger partial charge in [0.25, 0.3) is 0 Å². The van der Waals surface area contributed by atoms with Gasteiger partial charge < -0.3 is 10.8 Å². The van der Waals surface area contributed by atoms with Gasteiger partial charge in [-0.15, -0.1) is 0 Å². The van der Waals surface area contributed by atoms with Gasteiger partial charge in [0.05, 0.1) is 29.8 Å². The SMILES string of the molecule is Cn1c(=O)n(C)c2cc(C=C(C#N)c3nn(CCO)c(N)c3C#N)ccc21. The summed E-state index contributed by atoms with van der Waals surface area (Å²) >= 11 is 0. The number of anilines is 1. The highest BCUT2D eigenvalue weighted by Crippen LogP contribution is 2.25. The average molecular weight is 363 g/mol. The summed E-state index contributed by atoms with van der Waals surface area (Å²) in [5.74, 6) is 0.101. The van der Waals surface area contributed by atoms with Gasteiger partial charge in [0.2, 0.25) is 0 Å². The molecule has 0 bridgehead atoms. The minimum absolute atomic E-state index is 0.0874. The Kier molecular flexibility index (Phi) is 4.55. The van der Waals surface area contributed by atoms with E-state index < -0.39 is 0 Å². The fourth-order valence-electron chi connectivity index (χ4n) is 2.97. The molecule has 2 heterocycles. The van der Waals surface area contributed by atoms with E-state index in [0.29, 0.717) is 5.56 Å². The van der Waals surface area contributed by atoms with Crippen molar-refractivity contribution in [2.45, 2.75) is 6.54 Å². The second-order valence-electron chi connectivity index (χ2n) is 5.99. The van der Waals surface area contributed by atoms with Crippen LogP contribution in [-0.4, -0.2) is 30.6 Å². The molecule has 0 unspecified atom stereocenters. The monoisotopic (exact) mass is 363 g/mol. The maximum Gasteiger partial charge on any atom is 0.328 e. The van der Waals surface area contributed by atoms with Gasteiger partial charge in [0.1, 0.15) is 29.2 Å². The molecule has 0 aliphatic carbocycles. The van der Waals surface area contributed by atoms with Crippen LogP contribution in [0.15, 0.2) is 23.0 Å². The molecule has 0 aliphatic rings. The van der Waals surface area contributed by atoms with Gasteiger partial charge in [0, 0.05) is 14.1 Å². The molecule has 0 saturated heterocycles. The summed E-state index contributed by atoms with van der Waals surface area (Å²) < 4.78 is 4.36. The molecule has 0 spiro atoms. The third-order valence-electron chi connectivity index (χ3n) is 4.40. The van der Waals surface area contributed by atoms with E-state index in [1.165, 1.54) is 9.25 Å². The Morgan fingerprint density at radius 3 is 2.63 bits per heavy atom. The predicted molar refractivity (Wildman–Crippen MR) is 100 cm³/mol. The Hall–Kier alpha value is -3.82. The summed E-state index contributed by atoms with van der Waals surface area (Å²) in [5.41, 5.74) is 8.33. The zero-order valence-corrected chi connectivity index (χ0v) is 14.8. The highest BCUT2D eigenvalue weighted by atomic mass is 16.3. The van der Waals surface area contributed by atoms with E-state index in [-0.39, 0.29) is 41.5 Å². The van der Waals surface area contributed by atoms with E-state index in [9.17, 15) is 15.3 Å². The Balaban J connectivity index is 2.16. The molecular weight excluding hydrogens is 346 g/mol. The zero-order chi connectivity index (χ0) is 19.7. The molecule has 3 rings (SSSR count). The normalized spacial score (nSPS) is 11.5. The Labute approximate surface area is 154 Å². The van der Waals surface area contributed by atoms with Gasteiger partial charge in [0.15, 0.2) is 0 Å². The molecule has 3 aromatic rings. The van der Waals surface area contributed by atoms with E-state index in [4.69, 9.17) is 10.8 Å². The van der Waals surface area contributed by atoms with Crippen LogP contribution in [0, 0.1) is 22.7 Å². The van der Waals surface area contributed by atoms with Crippen molar-refractivity contribution in [1.29, 1.82) is 10.5 Å². The molecule has 1 aromatic carbocycles. The summed E-state index contributed by atoms with van der Waals surface area (Å²) in [6, 6.07) is 9.36. The van der Waals surface area contributed by atoms with E-state index in [2.05, 4.69) is 5.10 Å². The topological polar surface area (TPSA) is 139 Å². The van der Waals surface area contributed by atoms with Crippen molar-refractivity contribution in [3.8, 4) is 12.1 Å². The smallest absolute Gasteiger partial charge is 0.328 e. The van der Waals surface area contributed by atoms with Gasteiger partial charge in [-0.3, -0.25) is 9.13 Å². The van der Waals surface area contributed by atoms with Crippen LogP contribution >= 0.6 is 0 Å². The lowest BCUT2D eigenvalue weighted by Gasteiger charge is -2.00. The number of rotatable bonds is 4. The molecule has 0 fully saturated rings. The standard InChI is InChI=1S/C18H17N7O2/c1-23-14-4-3-11(8-15(14)24(2)18(23)27)7-12(9-19)16-13(10-20)17(21)25(22-16)5-6-26/h3-4,7-8,26H,5-6,21H2,1-2H3. The molecule has 0 saturated carbocycles. The van der Waals surface area contributed by atoms with Crippen molar-refractivity contribution < 1.29 is 5.11 Å². The minimum atomic E-state index is -0.194. The first-order chi connectivity index (χ1) is 12.9. The second-order valence-corrected chi connectivity index (χ2v) is 5.99. The number of nitrogens with zero attached hydrogens (tertiary/aromatic N) is 6. The number of hydrogen-bond donors (Lipinski definition) is 2. The van der Waals surface area contributed by atoms with Crippen molar-refractivity contribution in [2.75, 3.05) is 12.3 Å². The molecule has 27 heavy (non-hydrogen) atoms. The fraction of sp³-hybridized carbons (Fsp3) is 0.222. The Morgan fingerprint density at radius 1 is 1.30 bits per heavy atom. The molecule has 9 nitrogen and oxygen atoms in total. The molecule has 0 amide bonds. The number of nitriles is 2. The number of aryl methyl sites for hydroxylation is 2. The number of imidazole rings is 1. The number of aliphatic hydroxyl groups excluding tert-OH is 1. The number of benzene rings is 1. The van der Waals surface area contributed by atoms with Crippen LogP contribution in [0.5, 0.6) is 0 Å². The Morgan fingerprint density at radius 2 is 2.00 bits per heavy atom. The lowest BCUT2D eigenvalue weighted by molar-refractivity contribution is 0.270. The number of fused-ring (bicyclic) bond motifs is 1. The van der Waals surface area contributed by atoms with Gasteiger partial charge in [-0.1, -0.05) is 6.07 Å². The summed E-state index contributed by atoms with van der Waals surface area (Å²) in [6.45, 7) is -0.0716. The van der Waals surface area contributed by atoms with Crippen LogP contribution in [0.2, 0.25) is 0 Å². The van der Waals surface area contributed by atoms with Crippen molar-refractivity contribution in [3.63, 3.8) is 0 Å². The van der Waals surface area contributed by atoms with Crippen molar-refractivity contribution in [3.05, 3.63) is 45.5 Å². The molecule has 3 N–H and O–H groups in total. The summed E-state index contributed by atoms with van der Waals surface area (Å²) in [5, 5.41) is 32.2. The lowest BCUT2D eigenvalue weighted by Crippen LogP contribution is -2.19. The van der Waals surface area contributed by atoms with Gasteiger partial charge in [-0.2, -0.15) is 15.6 Å². The lowest BCUT2D eigenvalue weighted by atomic mass is 10.1. The maximum atomic E-state index is 12.1. The van der Waals surface area contributed by atoms with Gasteiger partial charge in [-0.05, 0) is 23.8 Å². The van der Waals surface area contributed by atoms with E-state index in [0.717, 1.165) is 11.0 Å². The minimum Gasteiger partial charge on any atom is -0.394 e. The van der Waals surface area contributed by atoms with E-state index in [1.807, 2.05) is 12.1 Å². The molecule has 0 radical (unpaired) electrons. The molecular formula is C18H17N7O2. The van der Waals surface area contributed by atoms with Crippen LogP contribution in [0.25, 0.3) is 22.7 Å². The van der Waals surface area contributed by atoms with Crippen LogP contribution in [0.4, 0.5) is 5.82 Å². The highest BCUT2D eigenvalue weighted by Gasteiger charge is 2.19. The van der Waals surface area contributed by atoms with Gasteiger partial charge >= 0.3 is 5.69 Å². The number of nitrogens with two attached hydrogens (primary N) is 1. The molecule has 9 heteroatoms. The third-order valence-corrected chi connectivity index (χ3v) is 4.40. The van der Waals surface area contributed by atoms with Crippen molar-refractivity contribution >= 4 is 28.5 Å². The van der Waals surface area contributed by atoms with Crippen LogP contribution in [-0.2, 0) is 20.6 Å². The second kappa shape index (κ2) is 6.83. The van der Waals surface area contributed by atoms with Crippen LogP contribution in [0.1, 0.15) is 16.8 Å². The fourth-order valence-corrected chi connectivity index (χ4v) is 2.97. The molecule has 2 aromatic heterocycles. The quantitative estimate of drug-likeness (QED) is 0.650. The van der Waals surface area contributed by atoms with E-state index in [1.54, 1.807) is 42.9 Å². The zero-order valence-electron chi connectivity index (χ0n) is 14.8. The maximum absolute atomic E-state index is 12.1. The first-order valence-corrected chi connectivity index (χ1v) is 8.07. The average Bonchev–Trinajstić information content (AvgIpc) is 3.09. The number of allylic oxidation sites excluding steroid dienone is 1. The van der Waals surface area contributed by atoms with Crippen molar-refractivity contribution in [2.24, 2.45) is 14.1 Å². The largest absolute Gasteiger partial charge is 0.394 e. The third kappa shape index (κ3) is 2.86. The number of nitrogen functional groups attached to an aromatic ring is 1. The van der Waals surface area contributed by atoms with Gasteiger partial charge in [-0.25, -0.2) is 9.48 Å². The summed E-state index contributed by atoms with van der Waals surface area (Å²) in [4.78, 5) is 12.1.